The SMILES string of the molecule is CC(C)Cc1[nH]c2c(Cl)cc(Cl)cc2c1C(C)C. The highest BCUT2D eigenvalue weighted by atomic mass is 35.5. The number of halogens is 2. The number of rotatable bonds is 3. The van der Waals surface area contributed by atoms with E-state index in [9.17, 15) is 0 Å². The van der Waals surface area contributed by atoms with E-state index in [0.29, 0.717) is 21.9 Å². The summed E-state index contributed by atoms with van der Waals surface area (Å²) in [5.41, 5.74) is 3.66. The molecule has 0 aliphatic carbocycles. The van der Waals surface area contributed by atoms with E-state index in [1.165, 1.54) is 11.3 Å². The first-order valence-corrected chi connectivity index (χ1v) is 7.15. The molecule has 0 aliphatic heterocycles. The van der Waals surface area contributed by atoms with Gasteiger partial charge in [0.05, 0.1) is 10.5 Å². The van der Waals surface area contributed by atoms with Crippen LogP contribution in [0.4, 0.5) is 0 Å². The Morgan fingerprint density at radius 2 is 1.78 bits per heavy atom. The van der Waals surface area contributed by atoms with Crippen molar-refractivity contribution in [1.29, 1.82) is 0 Å². The van der Waals surface area contributed by atoms with Crippen molar-refractivity contribution in [2.24, 2.45) is 5.92 Å². The first-order valence-electron chi connectivity index (χ1n) is 6.39. The van der Waals surface area contributed by atoms with Crippen LogP contribution in [0, 0.1) is 5.92 Å². The number of aromatic amines is 1. The van der Waals surface area contributed by atoms with E-state index < -0.39 is 0 Å². The van der Waals surface area contributed by atoms with Crippen LogP contribution >= 0.6 is 23.2 Å². The normalized spacial score (nSPS) is 12.0. The molecule has 3 heteroatoms. The minimum absolute atomic E-state index is 0.460. The van der Waals surface area contributed by atoms with Crippen LogP contribution in [0.3, 0.4) is 0 Å². The molecule has 1 aromatic carbocycles. The zero-order chi connectivity index (χ0) is 13.4. The molecule has 0 unspecified atom stereocenters. The van der Waals surface area contributed by atoms with Crippen LogP contribution < -0.4 is 0 Å². The van der Waals surface area contributed by atoms with E-state index in [1.54, 1.807) is 6.07 Å². The van der Waals surface area contributed by atoms with Crippen molar-refractivity contribution in [3.05, 3.63) is 33.4 Å². The van der Waals surface area contributed by atoms with E-state index in [4.69, 9.17) is 23.2 Å². The van der Waals surface area contributed by atoms with Gasteiger partial charge in [0.2, 0.25) is 0 Å². The zero-order valence-corrected chi connectivity index (χ0v) is 12.8. The van der Waals surface area contributed by atoms with Crippen molar-refractivity contribution >= 4 is 34.1 Å². The Morgan fingerprint density at radius 1 is 1.11 bits per heavy atom. The van der Waals surface area contributed by atoms with Gasteiger partial charge in [-0.05, 0) is 36.0 Å². The van der Waals surface area contributed by atoms with Gasteiger partial charge in [-0.2, -0.15) is 0 Å². The van der Waals surface area contributed by atoms with Gasteiger partial charge >= 0.3 is 0 Å². The average Bonchev–Trinajstić information content (AvgIpc) is 2.54. The Labute approximate surface area is 118 Å². The maximum Gasteiger partial charge on any atom is 0.0662 e. The minimum Gasteiger partial charge on any atom is -0.357 e. The van der Waals surface area contributed by atoms with E-state index in [2.05, 4.69) is 32.7 Å². The van der Waals surface area contributed by atoms with Crippen LogP contribution in [0.15, 0.2) is 12.1 Å². The number of aromatic nitrogens is 1. The molecular formula is C15H19Cl2N. The molecule has 0 amide bonds. The summed E-state index contributed by atoms with van der Waals surface area (Å²) in [5.74, 6) is 1.08. The summed E-state index contributed by atoms with van der Waals surface area (Å²) in [6, 6.07) is 3.81. The molecule has 1 aromatic heterocycles. The van der Waals surface area contributed by atoms with Gasteiger partial charge in [0, 0.05) is 16.1 Å². The Bertz CT molecular complexity index is 567. The van der Waals surface area contributed by atoms with E-state index in [0.717, 1.165) is 17.3 Å². The number of H-pyrrole nitrogens is 1. The molecule has 98 valence electrons. The van der Waals surface area contributed by atoms with Crippen molar-refractivity contribution in [2.45, 2.75) is 40.0 Å². The highest BCUT2D eigenvalue weighted by molar-refractivity contribution is 6.38. The van der Waals surface area contributed by atoms with E-state index in [-0.39, 0.29) is 0 Å². The fourth-order valence-corrected chi connectivity index (χ4v) is 3.06. The monoisotopic (exact) mass is 283 g/mol. The maximum absolute atomic E-state index is 6.27. The molecule has 0 aliphatic rings. The first kappa shape index (κ1) is 13.8. The topological polar surface area (TPSA) is 15.8 Å². The molecule has 0 saturated carbocycles. The van der Waals surface area contributed by atoms with E-state index >= 15 is 0 Å². The summed E-state index contributed by atoms with van der Waals surface area (Å²) in [4.78, 5) is 3.48. The van der Waals surface area contributed by atoms with Crippen LogP contribution in [-0.4, -0.2) is 4.98 Å². The molecule has 0 atom stereocenters. The lowest BCUT2D eigenvalue weighted by Gasteiger charge is -2.10. The highest BCUT2D eigenvalue weighted by Gasteiger charge is 2.17. The lowest BCUT2D eigenvalue weighted by atomic mass is 9.95. The predicted molar refractivity (Wildman–Crippen MR) is 80.9 cm³/mol. The third kappa shape index (κ3) is 2.53. The Balaban J connectivity index is 2.71. The molecule has 2 rings (SSSR count). The molecule has 18 heavy (non-hydrogen) atoms. The summed E-state index contributed by atoms with van der Waals surface area (Å²) in [7, 11) is 0. The van der Waals surface area contributed by atoms with Gasteiger partial charge in [-0.3, -0.25) is 0 Å². The number of hydrogen-bond donors (Lipinski definition) is 1. The maximum atomic E-state index is 6.27. The third-order valence-corrected chi connectivity index (χ3v) is 3.65. The molecule has 2 aromatic rings. The quantitative estimate of drug-likeness (QED) is 0.733. The van der Waals surface area contributed by atoms with Crippen molar-refractivity contribution in [2.75, 3.05) is 0 Å². The molecule has 0 bridgehead atoms. The Morgan fingerprint density at radius 3 is 2.33 bits per heavy atom. The number of benzene rings is 1. The molecule has 0 fully saturated rings. The second-order valence-electron chi connectivity index (χ2n) is 5.58. The fraction of sp³-hybridized carbons (Fsp3) is 0.467. The highest BCUT2D eigenvalue weighted by Crippen LogP contribution is 2.36. The van der Waals surface area contributed by atoms with Crippen LogP contribution in [0.5, 0.6) is 0 Å². The summed E-state index contributed by atoms with van der Waals surface area (Å²) in [6.45, 7) is 8.87. The number of hydrogen-bond acceptors (Lipinski definition) is 0. The van der Waals surface area contributed by atoms with Crippen molar-refractivity contribution < 1.29 is 0 Å². The smallest absolute Gasteiger partial charge is 0.0662 e. The second-order valence-corrected chi connectivity index (χ2v) is 6.42. The fourth-order valence-electron chi connectivity index (χ4n) is 2.52. The van der Waals surface area contributed by atoms with Crippen LogP contribution in [0.1, 0.15) is 44.9 Å². The molecule has 0 saturated heterocycles. The van der Waals surface area contributed by atoms with Gasteiger partial charge in [-0.15, -0.1) is 0 Å². The third-order valence-electron chi connectivity index (χ3n) is 3.14. The Kier molecular flexibility index (Phi) is 3.93. The first-order chi connectivity index (χ1) is 8.40. The molecular weight excluding hydrogens is 265 g/mol. The molecule has 0 spiro atoms. The van der Waals surface area contributed by atoms with Crippen LogP contribution in [-0.2, 0) is 6.42 Å². The summed E-state index contributed by atoms with van der Waals surface area (Å²) in [5, 5.41) is 2.57. The summed E-state index contributed by atoms with van der Waals surface area (Å²) in [6.07, 6.45) is 1.04. The summed E-state index contributed by atoms with van der Waals surface area (Å²) < 4.78 is 0. The molecule has 1 N–H and O–H groups in total. The molecule has 0 radical (unpaired) electrons. The van der Waals surface area contributed by atoms with Gasteiger partial charge in [-0.1, -0.05) is 50.9 Å². The number of nitrogens with one attached hydrogen (secondary N) is 1. The average molecular weight is 284 g/mol. The van der Waals surface area contributed by atoms with Gasteiger partial charge < -0.3 is 4.98 Å². The van der Waals surface area contributed by atoms with Crippen molar-refractivity contribution in [3.63, 3.8) is 0 Å². The zero-order valence-electron chi connectivity index (χ0n) is 11.3. The van der Waals surface area contributed by atoms with Crippen molar-refractivity contribution in [1.82, 2.24) is 4.98 Å². The Hall–Kier alpha value is -0.660. The lowest BCUT2D eigenvalue weighted by Crippen LogP contribution is -1.99. The number of fused-ring (bicyclic) bond motifs is 1. The molecule has 1 nitrogen and oxygen atoms in total. The van der Waals surface area contributed by atoms with Gasteiger partial charge in [0.15, 0.2) is 0 Å². The van der Waals surface area contributed by atoms with Crippen LogP contribution in [0.2, 0.25) is 10.0 Å². The molecule has 1 heterocycles. The van der Waals surface area contributed by atoms with Gasteiger partial charge in [0.1, 0.15) is 0 Å². The lowest BCUT2D eigenvalue weighted by molar-refractivity contribution is 0.630. The van der Waals surface area contributed by atoms with Gasteiger partial charge in [0.25, 0.3) is 0 Å². The minimum atomic E-state index is 0.460. The predicted octanol–water partition coefficient (Wildman–Crippen LogP) is 5.80. The standard InChI is InChI=1S/C15H19Cl2N/c1-8(2)5-13-14(9(3)4)11-6-10(16)7-12(17)15(11)18-13/h6-9,18H,5H2,1-4H3. The largest absolute Gasteiger partial charge is 0.357 e. The second kappa shape index (κ2) is 5.14. The summed E-state index contributed by atoms with van der Waals surface area (Å²) >= 11 is 12.4. The van der Waals surface area contributed by atoms with Crippen molar-refractivity contribution in [3.8, 4) is 0 Å². The van der Waals surface area contributed by atoms with Crippen LogP contribution in [0.25, 0.3) is 10.9 Å². The van der Waals surface area contributed by atoms with Gasteiger partial charge in [-0.25, -0.2) is 0 Å². The van der Waals surface area contributed by atoms with E-state index in [1.807, 2.05) is 6.07 Å².